The van der Waals surface area contributed by atoms with Gasteiger partial charge >= 0.3 is 0 Å². The topological polar surface area (TPSA) is 73.4 Å². The molecule has 2 aromatic carbocycles. The first-order valence-electron chi connectivity index (χ1n) is 13.1. The molecule has 6 rings (SSSR count). The van der Waals surface area contributed by atoms with Gasteiger partial charge in [0.15, 0.2) is 0 Å². The van der Waals surface area contributed by atoms with Gasteiger partial charge in [0.1, 0.15) is 11.4 Å². The van der Waals surface area contributed by atoms with Crippen molar-refractivity contribution in [2.45, 2.75) is 57.7 Å². The molecule has 1 aliphatic heterocycles. The van der Waals surface area contributed by atoms with Gasteiger partial charge in [0, 0.05) is 47.3 Å². The normalized spacial score (nSPS) is 16.7. The highest BCUT2D eigenvalue weighted by Gasteiger charge is 2.40. The van der Waals surface area contributed by atoms with E-state index in [9.17, 15) is 5.11 Å². The summed E-state index contributed by atoms with van der Waals surface area (Å²) in [6, 6.07) is 16.8. The summed E-state index contributed by atoms with van der Waals surface area (Å²) in [6.45, 7) is 3.99. The number of ether oxygens (including phenoxy) is 1. The monoisotopic (exact) mass is 482 g/mol. The molecule has 0 atom stereocenters. The van der Waals surface area contributed by atoms with Gasteiger partial charge in [-0.2, -0.15) is 0 Å². The third-order valence-corrected chi connectivity index (χ3v) is 7.80. The maximum absolute atomic E-state index is 9.43. The Labute approximate surface area is 212 Å². The van der Waals surface area contributed by atoms with Crippen molar-refractivity contribution in [2.75, 3.05) is 23.3 Å². The Morgan fingerprint density at radius 2 is 1.94 bits per heavy atom. The number of H-pyrrole nitrogens is 1. The number of benzene rings is 2. The number of aromatic amines is 1. The molecule has 0 amide bonds. The van der Waals surface area contributed by atoms with Gasteiger partial charge in [0.05, 0.1) is 24.5 Å². The Kier molecular flexibility index (Phi) is 6.05. The molecular weight excluding hydrogens is 448 g/mol. The van der Waals surface area contributed by atoms with Gasteiger partial charge in [-0.05, 0) is 74.4 Å². The third kappa shape index (κ3) is 4.42. The second kappa shape index (κ2) is 9.51. The molecule has 0 bridgehead atoms. The standard InChI is InChI=1S/C30H34N4O2/c1-21-6-5-7-26-22(18-32-29(21)26)11-15-34-20-30(12-3-2-4-13-30)36-28-17-23(8-9-27(28)34)33-24-10-14-31-25(16-24)19-35/h5-10,14,16-18,32,35H,2-4,11-13,15,19-20H2,1H3,(H,31,33). The minimum absolute atomic E-state index is 0.0731. The second-order valence-corrected chi connectivity index (χ2v) is 10.3. The van der Waals surface area contributed by atoms with Crippen LogP contribution in [0.3, 0.4) is 0 Å². The minimum Gasteiger partial charge on any atom is -0.483 e. The van der Waals surface area contributed by atoms with Crippen molar-refractivity contribution in [1.29, 1.82) is 0 Å². The second-order valence-electron chi connectivity index (χ2n) is 10.3. The molecule has 1 spiro atoms. The van der Waals surface area contributed by atoms with Gasteiger partial charge in [-0.25, -0.2) is 0 Å². The summed E-state index contributed by atoms with van der Waals surface area (Å²) in [7, 11) is 0. The Balaban J connectivity index is 1.28. The number of para-hydroxylation sites is 1. The number of aryl methyl sites for hydroxylation is 1. The van der Waals surface area contributed by atoms with E-state index in [0.29, 0.717) is 5.69 Å². The van der Waals surface area contributed by atoms with Crippen LogP contribution in [0.15, 0.2) is 60.9 Å². The molecule has 2 aromatic heterocycles. The van der Waals surface area contributed by atoms with Crippen molar-refractivity contribution < 1.29 is 9.84 Å². The van der Waals surface area contributed by atoms with Crippen LogP contribution in [0.1, 0.15) is 48.9 Å². The molecule has 1 fully saturated rings. The molecule has 1 saturated carbocycles. The van der Waals surface area contributed by atoms with Gasteiger partial charge in [-0.1, -0.05) is 24.6 Å². The Morgan fingerprint density at radius 1 is 1.08 bits per heavy atom. The molecule has 3 heterocycles. The number of rotatable bonds is 6. The molecule has 186 valence electrons. The first-order valence-corrected chi connectivity index (χ1v) is 13.1. The number of hydrogen-bond donors (Lipinski definition) is 3. The van der Waals surface area contributed by atoms with E-state index in [1.807, 2.05) is 12.1 Å². The average molecular weight is 483 g/mol. The predicted molar refractivity (Wildman–Crippen MR) is 145 cm³/mol. The Hall–Kier alpha value is -3.51. The van der Waals surface area contributed by atoms with Crippen molar-refractivity contribution in [3.05, 3.63) is 77.7 Å². The van der Waals surface area contributed by atoms with E-state index in [1.54, 1.807) is 6.20 Å². The molecule has 6 nitrogen and oxygen atoms in total. The lowest BCUT2D eigenvalue weighted by Gasteiger charge is -2.46. The summed E-state index contributed by atoms with van der Waals surface area (Å²) in [5.74, 6) is 0.958. The van der Waals surface area contributed by atoms with Crippen LogP contribution in [0.2, 0.25) is 0 Å². The van der Waals surface area contributed by atoms with Gasteiger partial charge in [-0.15, -0.1) is 0 Å². The molecule has 4 aromatic rings. The number of pyridine rings is 1. The smallest absolute Gasteiger partial charge is 0.145 e. The van der Waals surface area contributed by atoms with Gasteiger partial charge in [-0.3, -0.25) is 4.98 Å². The summed E-state index contributed by atoms with van der Waals surface area (Å²) < 4.78 is 6.80. The van der Waals surface area contributed by atoms with E-state index in [0.717, 1.165) is 49.5 Å². The molecule has 0 saturated heterocycles. The number of aliphatic hydroxyl groups excluding tert-OH is 1. The Morgan fingerprint density at radius 3 is 2.81 bits per heavy atom. The fourth-order valence-corrected chi connectivity index (χ4v) is 5.92. The molecule has 3 N–H and O–H groups in total. The molecule has 6 heteroatoms. The maximum Gasteiger partial charge on any atom is 0.145 e. The van der Waals surface area contributed by atoms with Crippen LogP contribution in [-0.2, 0) is 13.0 Å². The maximum atomic E-state index is 9.43. The molecule has 36 heavy (non-hydrogen) atoms. The SMILES string of the molecule is Cc1cccc2c(CCN3CC4(CCCCC4)Oc4cc(Nc5ccnc(CO)c5)ccc43)c[nH]c12. The summed E-state index contributed by atoms with van der Waals surface area (Å²) in [6.07, 6.45) is 10.8. The van der Waals surface area contributed by atoms with Gasteiger partial charge in [0.2, 0.25) is 0 Å². The van der Waals surface area contributed by atoms with Crippen molar-refractivity contribution in [1.82, 2.24) is 9.97 Å². The van der Waals surface area contributed by atoms with Crippen LogP contribution in [0.25, 0.3) is 10.9 Å². The van der Waals surface area contributed by atoms with Crippen LogP contribution in [0, 0.1) is 6.92 Å². The van der Waals surface area contributed by atoms with Crippen LogP contribution < -0.4 is 15.0 Å². The number of anilines is 3. The largest absolute Gasteiger partial charge is 0.483 e. The molecule has 1 aliphatic carbocycles. The molecule has 2 aliphatic rings. The number of nitrogens with zero attached hydrogens (tertiary/aromatic N) is 2. The third-order valence-electron chi connectivity index (χ3n) is 7.80. The first-order chi connectivity index (χ1) is 17.6. The van der Waals surface area contributed by atoms with Crippen LogP contribution in [-0.4, -0.2) is 33.8 Å². The zero-order valence-electron chi connectivity index (χ0n) is 20.9. The number of aromatic nitrogens is 2. The summed E-state index contributed by atoms with van der Waals surface area (Å²) in [5, 5.41) is 14.2. The van der Waals surface area contributed by atoms with Gasteiger partial charge < -0.3 is 25.0 Å². The van der Waals surface area contributed by atoms with Crippen molar-refractivity contribution in [3.63, 3.8) is 0 Å². The highest BCUT2D eigenvalue weighted by molar-refractivity contribution is 5.86. The lowest BCUT2D eigenvalue weighted by Crippen LogP contribution is -2.52. The molecular formula is C30H34N4O2. The van der Waals surface area contributed by atoms with Gasteiger partial charge in [0.25, 0.3) is 0 Å². The van der Waals surface area contributed by atoms with Crippen LogP contribution in [0.4, 0.5) is 17.1 Å². The number of aliphatic hydroxyl groups is 1. The summed E-state index contributed by atoms with van der Waals surface area (Å²) in [5.41, 5.74) is 7.49. The predicted octanol–water partition coefficient (Wildman–Crippen LogP) is 6.25. The average Bonchev–Trinajstić information content (AvgIpc) is 3.32. The fraction of sp³-hybridized carbons (Fsp3) is 0.367. The lowest BCUT2D eigenvalue weighted by molar-refractivity contribution is 0.0286. The zero-order valence-corrected chi connectivity index (χ0v) is 20.9. The van der Waals surface area contributed by atoms with Crippen molar-refractivity contribution in [2.24, 2.45) is 0 Å². The van der Waals surface area contributed by atoms with Crippen LogP contribution in [0.5, 0.6) is 5.75 Å². The zero-order chi connectivity index (χ0) is 24.5. The lowest BCUT2D eigenvalue weighted by atomic mass is 9.83. The highest BCUT2D eigenvalue weighted by Crippen LogP contribution is 2.44. The van der Waals surface area contributed by atoms with E-state index in [-0.39, 0.29) is 12.2 Å². The minimum atomic E-state index is -0.110. The van der Waals surface area contributed by atoms with E-state index >= 15 is 0 Å². The Bertz CT molecular complexity index is 1370. The summed E-state index contributed by atoms with van der Waals surface area (Å²) in [4.78, 5) is 10.2. The first kappa shape index (κ1) is 22.9. The van der Waals surface area contributed by atoms with E-state index in [4.69, 9.17) is 4.74 Å². The molecule has 0 radical (unpaired) electrons. The van der Waals surface area contributed by atoms with Crippen molar-refractivity contribution in [3.8, 4) is 5.75 Å². The molecule has 0 unspecified atom stereocenters. The highest BCUT2D eigenvalue weighted by atomic mass is 16.5. The number of nitrogens with one attached hydrogen (secondary N) is 2. The number of fused-ring (bicyclic) bond motifs is 2. The fourth-order valence-electron chi connectivity index (χ4n) is 5.92. The summed E-state index contributed by atoms with van der Waals surface area (Å²) >= 11 is 0. The quantitative estimate of drug-likeness (QED) is 0.303. The van der Waals surface area contributed by atoms with E-state index < -0.39 is 0 Å². The number of hydrogen-bond acceptors (Lipinski definition) is 5. The van der Waals surface area contributed by atoms with E-state index in [2.05, 4.69) is 69.7 Å². The van der Waals surface area contributed by atoms with Crippen molar-refractivity contribution >= 4 is 28.0 Å². The van der Waals surface area contributed by atoms with E-state index in [1.165, 1.54) is 47.0 Å². The van der Waals surface area contributed by atoms with Crippen LogP contribution >= 0.6 is 0 Å².